The topological polar surface area (TPSA) is 62.2 Å². The maximum Gasteiger partial charge on any atom is 0.226 e. The third-order valence-corrected chi connectivity index (χ3v) is 8.00. The van der Waals surface area contributed by atoms with Crippen LogP contribution in [0.3, 0.4) is 0 Å². The maximum absolute atomic E-state index is 13.0. The van der Waals surface area contributed by atoms with Crippen LogP contribution in [0, 0.1) is 27.7 Å². The standard InChI is InChI=1S/C31H32ClN5OS/c1-19-12-13-20(2)26(17-19)34-28(38)14-16-36-30(29(35-31(36)39)25-10-7-8-15-33-25)23-18-21(3)37(22(23)4)27-11-6-5-9-24(27)32/h5-13,15,17-18,29-30H,14,16H2,1-4H3,(H,34,38)(H,35,39)/t29-,30-/m1/s1. The number of thiocarbonyl (C=S) groups is 1. The quantitative estimate of drug-likeness (QED) is 0.246. The first kappa shape index (κ1) is 26.9. The van der Waals surface area contributed by atoms with Crippen molar-refractivity contribution in [3.63, 3.8) is 0 Å². The van der Waals surface area contributed by atoms with E-state index in [9.17, 15) is 4.79 Å². The minimum atomic E-state index is -0.166. The van der Waals surface area contributed by atoms with E-state index in [1.807, 2.05) is 74.5 Å². The molecule has 39 heavy (non-hydrogen) atoms. The second-order valence-electron chi connectivity index (χ2n) is 10.0. The van der Waals surface area contributed by atoms with Crippen molar-refractivity contribution in [1.29, 1.82) is 0 Å². The molecule has 0 saturated carbocycles. The van der Waals surface area contributed by atoms with Crippen molar-refractivity contribution in [2.45, 2.75) is 46.2 Å². The van der Waals surface area contributed by atoms with Gasteiger partial charge < -0.3 is 20.1 Å². The second kappa shape index (κ2) is 11.2. The highest BCUT2D eigenvalue weighted by molar-refractivity contribution is 7.80. The van der Waals surface area contributed by atoms with E-state index < -0.39 is 0 Å². The van der Waals surface area contributed by atoms with Crippen LogP contribution in [-0.4, -0.2) is 32.0 Å². The molecule has 5 rings (SSSR count). The molecule has 8 heteroatoms. The first-order valence-electron chi connectivity index (χ1n) is 13.0. The number of nitrogens with zero attached hydrogens (tertiary/aromatic N) is 3. The van der Waals surface area contributed by atoms with Crippen molar-refractivity contribution >= 4 is 40.5 Å². The fraction of sp³-hybridized carbons (Fsp3) is 0.258. The molecule has 2 atom stereocenters. The van der Waals surface area contributed by atoms with Crippen LogP contribution in [0.2, 0.25) is 5.02 Å². The summed E-state index contributed by atoms with van der Waals surface area (Å²) in [5, 5.41) is 7.87. The maximum atomic E-state index is 13.0. The zero-order chi connectivity index (χ0) is 27.7. The Balaban J connectivity index is 1.48. The predicted octanol–water partition coefficient (Wildman–Crippen LogP) is 6.76. The normalized spacial score (nSPS) is 16.8. The molecule has 1 fully saturated rings. The molecule has 0 unspecified atom stereocenters. The number of aryl methyl sites for hydroxylation is 3. The molecule has 3 heterocycles. The van der Waals surface area contributed by atoms with E-state index >= 15 is 0 Å². The van der Waals surface area contributed by atoms with E-state index in [2.05, 4.69) is 45.0 Å². The van der Waals surface area contributed by atoms with Crippen molar-refractivity contribution in [2.24, 2.45) is 0 Å². The highest BCUT2D eigenvalue weighted by atomic mass is 35.5. The third-order valence-electron chi connectivity index (χ3n) is 7.33. The van der Waals surface area contributed by atoms with Gasteiger partial charge in [0, 0.05) is 36.2 Å². The molecule has 1 saturated heterocycles. The minimum Gasteiger partial charge on any atom is -0.352 e. The smallest absolute Gasteiger partial charge is 0.226 e. The fourth-order valence-electron chi connectivity index (χ4n) is 5.38. The summed E-state index contributed by atoms with van der Waals surface area (Å²) < 4.78 is 2.18. The molecule has 2 aromatic carbocycles. The van der Waals surface area contributed by atoms with Crippen molar-refractivity contribution in [3.8, 4) is 5.69 Å². The van der Waals surface area contributed by atoms with Crippen LogP contribution in [0.25, 0.3) is 5.69 Å². The van der Waals surface area contributed by atoms with Gasteiger partial charge in [-0.3, -0.25) is 9.78 Å². The van der Waals surface area contributed by atoms with Crippen LogP contribution in [0.1, 0.15) is 52.3 Å². The molecule has 1 aliphatic rings. The number of pyridine rings is 1. The molecule has 6 nitrogen and oxygen atoms in total. The van der Waals surface area contributed by atoms with E-state index in [0.717, 1.165) is 45.1 Å². The fourth-order valence-corrected chi connectivity index (χ4v) is 5.93. The highest BCUT2D eigenvalue weighted by Gasteiger charge is 2.41. The molecule has 1 amide bonds. The Labute approximate surface area is 240 Å². The highest BCUT2D eigenvalue weighted by Crippen LogP contribution is 2.42. The summed E-state index contributed by atoms with van der Waals surface area (Å²) in [6, 6.07) is 21.7. The Morgan fingerprint density at radius 3 is 2.56 bits per heavy atom. The van der Waals surface area contributed by atoms with Gasteiger partial charge in [0.25, 0.3) is 0 Å². The second-order valence-corrected chi connectivity index (χ2v) is 10.8. The van der Waals surface area contributed by atoms with Gasteiger partial charge >= 0.3 is 0 Å². The number of carbonyl (C=O) groups is 1. The molecule has 2 aromatic heterocycles. The van der Waals surface area contributed by atoms with E-state index in [1.165, 1.54) is 0 Å². The van der Waals surface area contributed by atoms with Gasteiger partial charge in [0.05, 0.1) is 28.5 Å². The average Bonchev–Trinajstić information content (AvgIpc) is 3.40. The molecule has 200 valence electrons. The Hall–Kier alpha value is -3.68. The van der Waals surface area contributed by atoms with Crippen molar-refractivity contribution < 1.29 is 4.79 Å². The number of hydrogen-bond donors (Lipinski definition) is 2. The van der Waals surface area contributed by atoms with Crippen molar-refractivity contribution in [3.05, 3.63) is 112 Å². The molecule has 0 bridgehead atoms. The lowest BCUT2D eigenvalue weighted by atomic mass is 9.96. The molecule has 0 aliphatic carbocycles. The zero-order valence-corrected chi connectivity index (χ0v) is 24.1. The molecule has 0 radical (unpaired) electrons. The van der Waals surface area contributed by atoms with E-state index in [0.29, 0.717) is 23.1 Å². The van der Waals surface area contributed by atoms with Crippen LogP contribution in [0.15, 0.2) is 72.9 Å². The number of hydrogen-bond acceptors (Lipinski definition) is 3. The summed E-state index contributed by atoms with van der Waals surface area (Å²) >= 11 is 12.4. The number of carbonyl (C=O) groups excluding carboxylic acids is 1. The number of nitrogens with one attached hydrogen (secondary N) is 2. The number of rotatable bonds is 7. The molecular formula is C31H32ClN5OS. The van der Waals surface area contributed by atoms with E-state index in [-0.39, 0.29) is 18.0 Å². The summed E-state index contributed by atoms with van der Waals surface area (Å²) in [6.45, 7) is 8.67. The van der Waals surface area contributed by atoms with Gasteiger partial charge in [0.2, 0.25) is 5.91 Å². The van der Waals surface area contributed by atoms with Crippen LogP contribution in [0.5, 0.6) is 0 Å². The summed E-state index contributed by atoms with van der Waals surface area (Å²) in [7, 11) is 0. The number of para-hydroxylation sites is 1. The summed E-state index contributed by atoms with van der Waals surface area (Å²) in [5.41, 5.74) is 8.07. The Morgan fingerprint density at radius 2 is 1.82 bits per heavy atom. The largest absolute Gasteiger partial charge is 0.352 e. The number of anilines is 1. The number of amides is 1. The Morgan fingerprint density at radius 1 is 1.05 bits per heavy atom. The van der Waals surface area contributed by atoms with Crippen LogP contribution in [-0.2, 0) is 4.79 Å². The van der Waals surface area contributed by atoms with Gasteiger partial charge in [-0.15, -0.1) is 0 Å². The Bertz CT molecular complexity index is 1530. The van der Waals surface area contributed by atoms with Crippen LogP contribution >= 0.6 is 23.8 Å². The number of benzene rings is 2. The molecule has 4 aromatic rings. The van der Waals surface area contributed by atoms with E-state index in [1.54, 1.807) is 6.20 Å². The third kappa shape index (κ3) is 5.42. The number of aromatic nitrogens is 2. The van der Waals surface area contributed by atoms with Gasteiger partial charge in [-0.2, -0.15) is 0 Å². The predicted molar refractivity (Wildman–Crippen MR) is 162 cm³/mol. The molecule has 0 spiro atoms. The summed E-state index contributed by atoms with van der Waals surface area (Å²) in [5.74, 6) is -0.0481. The summed E-state index contributed by atoms with van der Waals surface area (Å²) in [4.78, 5) is 19.8. The summed E-state index contributed by atoms with van der Waals surface area (Å²) in [6.07, 6.45) is 2.09. The van der Waals surface area contributed by atoms with Gasteiger partial charge in [0.1, 0.15) is 0 Å². The van der Waals surface area contributed by atoms with Crippen LogP contribution < -0.4 is 10.6 Å². The van der Waals surface area contributed by atoms with Gasteiger partial charge in [-0.05, 0) is 93.0 Å². The molecule has 2 N–H and O–H groups in total. The molecular weight excluding hydrogens is 526 g/mol. The average molecular weight is 558 g/mol. The van der Waals surface area contributed by atoms with Gasteiger partial charge in [-0.1, -0.05) is 41.9 Å². The SMILES string of the molecule is Cc1ccc(C)c(NC(=O)CCN2C(=S)N[C@H](c3ccccn3)[C@H]2c2cc(C)n(-c3ccccc3Cl)c2C)c1. The molecule has 1 aliphatic heterocycles. The minimum absolute atomic E-state index is 0.0481. The van der Waals surface area contributed by atoms with E-state index in [4.69, 9.17) is 23.8 Å². The van der Waals surface area contributed by atoms with Crippen molar-refractivity contribution in [1.82, 2.24) is 19.8 Å². The van der Waals surface area contributed by atoms with Gasteiger partial charge in [0.15, 0.2) is 5.11 Å². The van der Waals surface area contributed by atoms with Crippen molar-refractivity contribution in [2.75, 3.05) is 11.9 Å². The van der Waals surface area contributed by atoms with Gasteiger partial charge in [-0.25, -0.2) is 0 Å². The lowest BCUT2D eigenvalue weighted by Gasteiger charge is -2.28. The lowest BCUT2D eigenvalue weighted by Crippen LogP contribution is -2.33. The Kier molecular flexibility index (Phi) is 7.73. The first-order chi connectivity index (χ1) is 18.7. The zero-order valence-electron chi connectivity index (χ0n) is 22.5. The first-order valence-corrected chi connectivity index (χ1v) is 13.8. The monoisotopic (exact) mass is 557 g/mol. The lowest BCUT2D eigenvalue weighted by molar-refractivity contribution is -0.116. The van der Waals surface area contributed by atoms with Crippen LogP contribution in [0.4, 0.5) is 5.69 Å². The number of halogens is 1.